The normalized spacial score (nSPS) is 9.75. The van der Waals surface area contributed by atoms with Gasteiger partial charge in [0.2, 0.25) is 0 Å². The Hall–Kier alpha value is 0.110. The molecule has 0 amide bonds. The summed E-state index contributed by atoms with van der Waals surface area (Å²) in [7, 11) is 0. The second kappa shape index (κ2) is 2.60. The monoisotopic (exact) mass is 190 g/mol. The van der Waals surface area contributed by atoms with E-state index in [1.807, 2.05) is 19.5 Å². The summed E-state index contributed by atoms with van der Waals surface area (Å²) in [4.78, 5) is 5.20. The van der Waals surface area contributed by atoms with Gasteiger partial charge in [-0.05, 0) is 22.4 Å². The van der Waals surface area contributed by atoms with Crippen LogP contribution in [0.2, 0.25) is 0 Å². The number of nitrogens with zero attached hydrogens (tertiary/aromatic N) is 1. The van der Waals surface area contributed by atoms with Gasteiger partial charge in [0, 0.05) is 11.1 Å². The second-order valence-electron chi connectivity index (χ2n) is 1.30. The molecular weight excluding hydrogens is 186 g/mol. The Morgan fingerprint density at radius 2 is 2.62 bits per heavy atom. The molecule has 0 N–H and O–H groups in total. The molecule has 0 spiro atoms. The lowest BCUT2D eigenvalue weighted by atomic mass is 10.4. The van der Waals surface area contributed by atoms with Gasteiger partial charge in [-0.15, -0.1) is 11.3 Å². The van der Waals surface area contributed by atoms with Crippen LogP contribution in [-0.4, -0.2) is 4.98 Å². The molecule has 1 rings (SSSR count). The summed E-state index contributed by atoms with van der Waals surface area (Å²) in [6.45, 7) is 2.00. The van der Waals surface area contributed by atoms with Gasteiger partial charge in [0.1, 0.15) is 0 Å². The van der Waals surface area contributed by atoms with Crippen LogP contribution in [-0.2, 0) is 0 Å². The number of rotatable bonds is 1. The van der Waals surface area contributed by atoms with Crippen molar-refractivity contribution in [2.24, 2.45) is 0 Å². The summed E-state index contributed by atoms with van der Waals surface area (Å²) in [5, 5.41) is 0. The predicted octanol–water partition coefficient (Wildman–Crippen LogP) is 2.48. The summed E-state index contributed by atoms with van der Waals surface area (Å²) in [6, 6.07) is 0. The van der Waals surface area contributed by atoms with E-state index in [0.717, 1.165) is 3.92 Å². The Morgan fingerprint density at radius 1 is 1.88 bits per heavy atom. The van der Waals surface area contributed by atoms with Crippen LogP contribution in [0.5, 0.6) is 0 Å². The third-order valence-corrected chi connectivity index (χ3v) is 2.32. The number of hydrogen-bond donors (Lipinski definition) is 0. The van der Waals surface area contributed by atoms with Crippen molar-refractivity contribution in [2.45, 2.75) is 6.92 Å². The predicted molar refractivity (Wildman–Crippen MR) is 38.9 cm³/mol. The summed E-state index contributed by atoms with van der Waals surface area (Å²) >= 11 is 4.90. The largest absolute Gasteiger partial charge is 0.237 e. The maximum absolute atomic E-state index is 3.99. The van der Waals surface area contributed by atoms with E-state index in [0.29, 0.717) is 0 Å². The molecule has 0 saturated heterocycles. The Labute approximate surface area is 60.9 Å². The van der Waals surface area contributed by atoms with Crippen LogP contribution in [0.25, 0.3) is 0 Å². The van der Waals surface area contributed by atoms with Gasteiger partial charge < -0.3 is 0 Å². The molecule has 1 nitrogen and oxygen atoms in total. The minimum atomic E-state index is 0.950. The molecule has 0 aromatic carbocycles. The van der Waals surface area contributed by atoms with Gasteiger partial charge in [0.25, 0.3) is 0 Å². The first-order valence-corrected chi connectivity index (χ1v) is 3.84. The number of hydrogen-bond acceptors (Lipinski definition) is 2. The minimum Gasteiger partial charge on any atom is -0.237 e. The van der Waals surface area contributed by atoms with Crippen molar-refractivity contribution in [3.8, 4) is 0 Å². The average Bonchev–Trinajstić information content (AvgIpc) is 2.14. The first kappa shape index (κ1) is 6.23. The molecule has 1 aromatic rings. The van der Waals surface area contributed by atoms with Crippen LogP contribution < -0.4 is 0 Å². The van der Waals surface area contributed by atoms with E-state index in [1.54, 1.807) is 11.3 Å². The van der Waals surface area contributed by atoms with Crippen LogP contribution >= 0.6 is 27.3 Å². The Morgan fingerprint density at radius 3 is 2.88 bits per heavy atom. The Kier molecular flexibility index (Phi) is 2.02. The summed E-state index contributed by atoms with van der Waals surface area (Å²) in [5.74, 6) is 0. The third-order valence-electron chi connectivity index (χ3n) is 0.780. The molecule has 1 radical (unpaired) electrons. The lowest BCUT2D eigenvalue weighted by Crippen LogP contribution is -1.60. The molecule has 0 unspecified atom stereocenters. The van der Waals surface area contributed by atoms with Gasteiger partial charge >= 0.3 is 0 Å². The molecule has 8 heavy (non-hydrogen) atoms. The lowest BCUT2D eigenvalue weighted by Gasteiger charge is -1.76. The van der Waals surface area contributed by atoms with Crippen molar-refractivity contribution < 1.29 is 0 Å². The van der Waals surface area contributed by atoms with Gasteiger partial charge in [-0.25, -0.2) is 4.98 Å². The molecule has 0 atom stereocenters. The highest BCUT2D eigenvalue weighted by Gasteiger charge is 1.93. The van der Waals surface area contributed by atoms with Crippen LogP contribution in [0.3, 0.4) is 0 Å². The number of aromatic nitrogens is 1. The summed E-state index contributed by atoms with van der Waals surface area (Å²) in [5.41, 5.74) is 0. The molecule has 0 fully saturated rings. The van der Waals surface area contributed by atoms with Gasteiger partial charge in [0.05, 0.1) is 0 Å². The van der Waals surface area contributed by atoms with E-state index in [1.165, 1.54) is 4.88 Å². The molecule has 0 bridgehead atoms. The maximum atomic E-state index is 3.99. The highest BCUT2D eigenvalue weighted by atomic mass is 79.9. The van der Waals surface area contributed by atoms with E-state index in [2.05, 4.69) is 20.9 Å². The number of thiazole rings is 1. The smallest absolute Gasteiger partial charge is 0.159 e. The van der Waals surface area contributed by atoms with Crippen molar-refractivity contribution in [3.05, 3.63) is 21.4 Å². The first-order chi connectivity index (χ1) is 3.83. The lowest BCUT2D eigenvalue weighted by molar-refractivity contribution is 1.35. The van der Waals surface area contributed by atoms with E-state index in [9.17, 15) is 0 Å². The zero-order valence-electron chi connectivity index (χ0n) is 4.39. The van der Waals surface area contributed by atoms with Crippen molar-refractivity contribution in [1.29, 1.82) is 0 Å². The fourth-order valence-electron chi connectivity index (χ4n) is 0.398. The maximum Gasteiger partial charge on any atom is 0.159 e. The topological polar surface area (TPSA) is 12.9 Å². The summed E-state index contributed by atoms with van der Waals surface area (Å²) < 4.78 is 0.950. The van der Waals surface area contributed by atoms with Gasteiger partial charge in [-0.3, -0.25) is 0 Å². The fourth-order valence-corrected chi connectivity index (χ4v) is 1.58. The fraction of sp³-hybridized carbons (Fsp3) is 0.200. The van der Waals surface area contributed by atoms with Crippen molar-refractivity contribution in [1.82, 2.24) is 4.98 Å². The second-order valence-corrected chi connectivity index (χ2v) is 3.64. The molecular formula is C5H5BrNS. The summed E-state index contributed by atoms with van der Waals surface area (Å²) in [6.07, 6.45) is 3.87. The van der Waals surface area contributed by atoms with Gasteiger partial charge in [-0.2, -0.15) is 0 Å². The molecule has 0 aliphatic rings. The van der Waals surface area contributed by atoms with Gasteiger partial charge in [0.15, 0.2) is 3.92 Å². The average molecular weight is 191 g/mol. The zero-order chi connectivity index (χ0) is 5.98. The molecule has 0 aliphatic heterocycles. The van der Waals surface area contributed by atoms with E-state index in [-0.39, 0.29) is 0 Å². The molecule has 1 heterocycles. The van der Waals surface area contributed by atoms with Crippen LogP contribution in [0, 0.1) is 6.42 Å². The van der Waals surface area contributed by atoms with Crippen molar-refractivity contribution in [2.75, 3.05) is 0 Å². The SMILES string of the molecule is C[CH]c1cnc(Br)s1. The standard InChI is InChI=1S/C5H5BrNS/c1-2-4-3-7-5(6)8-4/h2-3H,1H3. The molecule has 1 aromatic heterocycles. The van der Waals surface area contributed by atoms with E-state index < -0.39 is 0 Å². The highest BCUT2D eigenvalue weighted by Crippen LogP contribution is 2.18. The molecule has 3 heteroatoms. The van der Waals surface area contributed by atoms with Crippen LogP contribution in [0.15, 0.2) is 10.1 Å². The van der Waals surface area contributed by atoms with Crippen molar-refractivity contribution in [3.63, 3.8) is 0 Å². The molecule has 43 valence electrons. The quantitative estimate of drug-likeness (QED) is 0.664. The van der Waals surface area contributed by atoms with Gasteiger partial charge in [-0.1, -0.05) is 6.92 Å². The Balaban J connectivity index is 2.84. The number of halogens is 1. The zero-order valence-corrected chi connectivity index (χ0v) is 6.79. The minimum absolute atomic E-state index is 0.950. The Bertz CT molecular complexity index is 173. The van der Waals surface area contributed by atoms with Crippen molar-refractivity contribution >= 4 is 27.3 Å². The molecule has 0 aliphatic carbocycles. The first-order valence-electron chi connectivity index (χ1n) is 2.23. The van der Waals surface area contributed by atoms with E-state index >= 15 is 0 Å². The molecule has 0 saturated carbocycles. The van der Waals surface area contributed by atoms with Crippen LogP contribution in [0.4, 0.5) is 0 Å². The third kappa shape index (κ3) is 1.29. The van der Waals surface area contributed by atoms with E-state index in [4.69, 9.17) is 0 Å². The van der Waals surface area contributed by atoms with Crippen LogP contribution in [0.1, 0.15) is 11.8 Å². The highest BCUT2D eigenvalue weighted by molar-refractivity contribution is 9.11.